The monoisotopic (exact) mass is 448 g/mol. The average Bonchev–Trinajstić information content (AvgIpc) is 3.30. The van der Waals surface area contributed by atoms with Crippen LogP contribution in [0.3, 0.4) is 0 Å². The predicted octanol–water partition coefficient (Wildman–Crippen LogP) is 4.07. The summed E-state index contributed by atoms with van der Waals surface area (Å²) >= 11 is 0. The molecule has 0 bridgehead atoms. The third-order valence-corrected chi connectivity index (χ3v) is 5.82. The number of ether oxygens (including phenoxy) is 1. The van der Waals surface area contributed by atoms with Crippen LogP contribution >= 0.6 is 0 Å². The quantitative estimate of drug-likeness (QED) is 0.544. The fourth-order valence-electron chi connectivity index (χ4n) is 3.90. The van der Waals surface area contributed by atoms with Crippen molar-refractivity contribution in [2.24, 2.45) is 5.92 Å². The van der Waals surface area contributed by atoms with E-state index in [1.807, 2.05) is 43.3 Å². The van der Waals surface area contributed by atoms with Crippen LogP contribution < -0.4 is 5.32 Å². The van der Waals surface area contributed by atoms with Gasteiger partial charge in [0.25, 0.3) is 0 Å². The Morgan fingerprint density at radius 3 is 2.64 bits per heavy atom. The summed E-state index contributed by atoms with van der Waals surface area (Å²) in [5.41, 5.74) is 2.90. The molecular formula is C25H28N4O4. The number of benzene rings is 2. The summed E-state index contributed by atoms with van der Waals surface area (Å²) in [6.07, 6.45) is 1.48. The Hall–Kier alpha value is -3.52. The van der Waals surface area contributed by atoms with Gasteiger partial charge in [0.15, 0.2) is 0 Å². The third kappa shape index (κ3) is 5.64. The predicted molar refractivity (Wildman–Crippen MR) is 124 cm³/mol. The fraction of sp³-hybridized carbons (Fsp3) is 0.360. The number of aryl methyl sites for hydroxylation is 1. The first-order valence-corrected chi connectivity index (χ1v) is 11.2. The zero-order valence-electron chi connectivity index (χ0n) is 18.9. The molecule has 1 N–H and O–H groups in total. The summed E-state index contributed by atoms with van der Waals surface area (Å²) in [7, 11) is 0. The lowest BCUT2D eigenvalue weighted by molar-refractivity contribution is -0.121. The van der Waals surface area contributed by atoms with Crippen molar-refractivity contribution >= 4 is 17.6 Å². The molecule has 2 heterocycles. The molecule has 0 saturated carbocycles. The van der Waals surface area contributed by atoms with Crippen LogP contribution in [0.1, 0.15) is 41.6 Å². The van der Waals surface area contributed by atoms with Crippen LogP contribution in [0.2, 0.25) is 0 Å². The fourth-order valence-corrected chi connectivity index (χ4v) is 3.90. The lowest BCUT2D eigenvalue weighted by Crippen LogP contribution is -2.37. The van der Waals surface area contributed by atoms with Crippen LogP contribution in [-0.2, 0) is 16.1 Å². The second-order valence-electron chi connectivity index (χ2n) is 8.17. The first kappa shape index (κ1) is 22.7. The highest BCUT2D eigenvalue weighted by atomic mass is 16.5. The minimum Gasteiger partial charge on any atom is -0.462 e. The molecule has 33 heavy (non-hydrogen) atoms. The van der Waals surface area contributed by atoms with E-state index in [4.69, 9.17) is 9.26 Å². The van der Waals surface area contributed by atoms with Crippen LogP contribution in [0.4, 0.5) is 5.69 Å². The molecule has 1 saturated heterocycles. The summed E-state index contributed by atoms with van der Waals surface area (Å²) in [6, 6.07) is 14.9. The number of hydrogen-bond donors (Lipinski definition) is 1. The second kappa shape index (κ2) is 10.4. The van der Waals surface area contributed by atoms with E-state index in [0.717, 1.165) is 37.1 Å². The lowest BCUT2D eigenvalue weighted by Gasteiger charge is -2.30. The van der Waals surface area contributed by atoms with Crippen LogP contribution in [0.15, 0.2) is 53.1 Å². The van der Waals surface area contributed by atoms with Crippen molar-refractivity contribution in [3.8, 4) is 11.4 Å². The van der Waals surface area contributed by atoms with Crippen molar-refractivity contribution in [1.29, 1.82) is 0 Å². The van der Waals surface area contributed by atoms with Gasteiger partial charge in [-0.15, -0.1) is 0 Å². The van der Waals surface area contributed by atoms with Gasteiger partial charge in [0.2, 0.25) is 17.6 Å². The van der Waals surface area contributed by atoms with Gasteiger partial charge in [-0.25, -0.2) is 4.79 Å². The van der Waals surface area contributed by atoms with Crippen LogP contribution in [0.5, 0.6) is 0 Å². The van der Waals surface area contributed by atoms with E-state index in [-0.39, 0.29) is 11.8 Å². The molecule has 0 aliphatic carbocycles. The van der Waals surface area contributed by atoms with Gasteiger partial charge in [0, 0.05) is 17.2 Å². The summed E-state index contributed by atoms with van der Waals surface area (Å²) in [5, 5.41) is 7.07. The molecule has 4 rings (SSSR count). The SMILES string of the molecule is CCOC(=O)c1ccc(C)c(NC(=O)C2CCN(Cc3nc(-c4ccccc4)no3)CC2)c1. The molecule has 0 unspecified atom stereocenters. The minimum atomic E-state index is -0.391. The molecule has 8 nitrogen and oxygen atoms in total. The lowest BCUT2D eigenvalue weighted by atomic mass is 9.95. The van der Waals surface area contributed by atoms with Crippen LogP contribution in [0, 0.1) is 12.8 Å². The van der Waals surface area contributed by atoms with Crippen molar-refractivity contribution in [2.75, 3.05) is 25.0 Å². The zero-order chi connectivity index (χ0) is 23.2. The number of carbonyl (C=O) groups is 2. The van der Waals surface area contributed by atoms with Crippen molar-refractivity contribution in [1.82, 2.24) is 15.0 Å². The summed E-state index contributed by atoms with van der Waals surface area (Å²) < 4.78 is 10.5. The van der Waals surface area contributed by atoms with Gasteiger partial charge in [0.1, 0.15) is 0 Å². The Morgan fingerprint density at radius 2 is 1.91 bits per heavy atom. The van der Waals surface area contributed by atoms with Crippen molar-refractivity contribution < 1.29 is 18.8 Å². The molecule has 3 aromatic rings. The summed E-state index contributed by atoms with van der Waals surface area (Å²) in [4.78, 5) is 31.6. The van der Waals surface area contributed by atoms with E-state index in [2.05, 4.69) is 20.4 Å². The number of rotatable bonds is 7. The molecule has 1 aliphatic rings. The maximum atomic E-state index is 12.9. The van der Waals surface area contributed by atoms with Gasteiger partial charge in [-0.3, -0.25) is 9.69 Å². The van der Waals surface area contributed by atoms with E-state index in [1.54, 1.807) is 19.1 Å². The molecule has 8 heteroatoms. The second-order valence-corrected chi connectivity index (χ2v) is 8.17. The number of aromatic nitrogens is 2. The number of likely N-dealkylation sites (tertiary alicyclic amines) is 1. The molecule has 0 radical (unpaired) electrons. The highest BCUT2D eigenvalue weighted by Gasteiger charge is 2.26. The van der Waals surface area contributed by atoms with Crippen LogP contribution in [-0.4, -0.2) is 46.6 Å². The molecule has 1 aromatic heterocycles. The normalized spacial score (nSPS) is 14.7. The van der Waals surface area contributed by atoms with Crippen molar-refractivity contribution in [3.05, 3.63) is 65.5 Å². The van der Waals surface area contributed by atoms with E-state index >= 15 is 0 Å². The topological polar surface area (TPSA) is 97.6 Å². The van der Waals surface area contributed by atoms with Gasteiger partial charge in [-0.05, 0) is 57.5 Å². The number of nitrogens with zero attached hydrogens (tertiary/aromatic N) is 3. The Morgan fingerprint density at radius 1 is 1.15 bits per heavy atom. The number of anilines is 1. The summed E-state index contributed by atoms with van der Waals surface area (Å²) in [5.74, 6) is 0.651. The first-order valence-electron chi connectivity index (χ1n) is 11.2. The molecule has 2 aromatic carbocycles. The molecule has 0 spiro atoms. The molecule has 172 valence electrons. The summed E-state index contributed by atoms with van der Waals surface area (Å²) in [6.45, 7) is 6.08. The maximum absolute atomic E-state index is 12.9. The standard InChI is InChI=1S/C25H28N4O4/c1-3-32-25(31)20-10-9-17(2)21(15-20)26-24(30)19-11-13-29(14-12-19)16-22-27-23(28-33-22)18-7-5-4-6-8-18/h4-10,15,19H,3,11-14,16H2,1-2H3,(H,26,30). The van der Waals surface area contributed by atoms with Gasteiger partial charge >= 0.3 is 5.97 Å². The molecule has 0 atom stereocenters. The van der Waals surface area contributed by atoms with Crippen LogP contribution in [0.25, 0.3) is 11.4 Å². The van der Waals surface area contributed by atoms with E-state index < -0.39 is 5.97 Å². The molecule has 1 fully saturated rings. The zero-order valence-corrected chi connectivity index (χ0v) is 18.9. The van der Waals surface area contributed by atoms with E-state index in [9.17, 15) is 9.59 Å². The average molecular weight is 449 g/mol. The number of piperidine rings is 1. The number of amides is 1. The molecule has 1 aliphatic heterocycles. The Balaban J connectivity index is 1.30. The third-order valence-electron chi connectivity index (χ3n) is 5.82. The van der Waals surface area contributed by atoms with Gasteiger partial charge in [-0.2, -0.15) is 4.98 Å². The Kier molecular flexibility index (Phi) is 7.14. The number of carbonyl (C=O) groups excluding carboxylic acids is 2. The van der Waals surface area contributed by atoms with Crippen molar-refractivity contribution in [2.45, 2.75) is 33.2 Å². The minimum absolute atomic E-state index is 0.0251. The number of esters is 1. The highest BCUT2D eigenvalue weighted by molar-refractivity contribution is 5.96. The Bertz CT molecular complexity index is 1100. The molecular weight excluding hydrogens is 420 g/mol. The maximum Gasteiger partial charge on any atom is 0.338 e. The highest BCUT2D eigenvalue weighted by Crippen LogP contribution is 2.24. The first-order chi connectivity index (χ1) is 16.0. The van der Waals surface area contributed by atoms with E-state index in [1.165, 1.54) is 0 Å². The Labute approximate surface area is 192 Å². The number of hydrogen-bond acceptors (Lipinski definition) is 7. The van der Waals surface area contributed by atoms with Gasteiger partial charge < -0.3 is 14.6 Å². The largest absolute Gasteiger partial charge is 0.462 e. The van der Waals surface area contributed by atoms with Gasteiger partial charge in [0.05, 0.1) is 18.7 Å². The van der Waals surface area contributed by atoms with Crippen molar-refractivity contribution in [3.63, 3.8) is 0 Å². The molecule has 1 amide bonds. The smallest absolute Gasteiger partial charge is 0.338 e. The van der Waals surface area contributed by atoms with Gasteiger partial charge in [-0.1, -0.05) is 41.6 Å². The number of nitrogens with one attached hydrogen (secondary N) is 1. The van der Waals surface area contributed by atoms with E-state index in [0.29, 0.717) is 36.1 Å².